The van der Waals surface area contributed by atoms with Gasteiger partial charge in [0.2, 0.25) is 0 Å². The summed E-state index contributed by atoms with van der Waals surface area (Å²) in [6.45, 7) is 0.681. The molecular weight excluding hydrogens is 233 g/mol. The lowest BCUT2D eigenvalue weighted by atomic mass is 10.1. The van der Waals surface area contributed by atoms with Crippen LogP contribution in [0.3, 0.4) is 0 Å². The molecular formula is C14H14FNO2. The molecule has 4 heteroatoms. The van der Waals surface area contributed by atoms with Crippen LogP contribution in [0.1, 0.15) is 11.3 Å². The van der Waals surface area contributed by atoms with Gasteiger partial charge in [-0.25, -0.2) is 4.39 Å². The lowest BCUT2D eigenvalue weighted by molar-refractivity contribution is 0.201. The largest absolute Gasteiger partial charge is 0.488 e. The second-order valence-corrected chi connectivity index (χ2v) is 4.51. The lowest BCUT2D eigenvalue weighted by Gasteiger charge is -2.13. The number of benzene rings is 1. The standard InChI is InChI=1S/C14H14FNO2/c15-11-3-4-14-10(6-11)7-13(18-14)8-16-5-1-2-12(16)9-17/h1-6,13,17H,7-9H2. The van der Waals surface area contributed by atoms with E-state index in [2.05, 4.69) is 0 Å². The van der Waals surface area contributed by atoms with Crippen molar-refractivity contribution in [2.45, 2.75) is 25.7 Å². The summed E-state index contributed by atoms with van der Waals surface area (Å²) in [4.78, 5) is 0. The molecule has 1 atom stereocenters. The van der Waals surface area contributed by atoms with E-state index in [1.165, 1.54) is 12.1 Å². The van der Waals surface area contributed by atoms with Crippen LogP contribution >= 0.6 is 0 Å². The number of halogens is 1. The van der Waals surface area contributed by atoms with Gasteiger partial charge in [-0.05, 0) is 30.3 Å². The Bertz CT molecular complexity index is 565. The van der Waals surface area contributed by atoms with E-state index in [0.29, 0.717) is 13.0 Å². The average Bonchev–Trinajstić information content (AvgIpc) is 2.94. The molecule has 0 radical (unpaired) electrons. The Kier molecular flexibility index (Phi) is 2.80. The van der Waals surface area contributed by atoms with E-state index in [-0.39, 0.29) is 18.5 Å². The molecule has 1 aliphatic rings. The molecule has 0 amide bonds. The number of fused-ring (bicyclic) bond motifs is 1. The van der Waals surface area contributed by atoms with E-state index >= 15 is 0 Å². The van der Waals surface area contributed by atoms with E-state index in [1.807, 2.05) is 22.9 Å². The van der Waals surface area contributed by atoms with E-state index < -0.39 is 0 Å². The summed E-state index contributed by atoms with van der Waals surface area (Å²) in [5, 5.41) is 9.18. The van der Waals surface area contributed by atoms with Gasteiger partial charge in [-0.1, -0.05) is 0 Å². The Morgan fingerprint density at radius 1 is 1.39 bits per heavy atom. The zero-order valence-corrected chi connectivity index (χ0v) is 9.84. The minimum atomic E-state index is -0.227. The first-order valence-electron chi connectivity index (χ1n) is 5.96. The normalized spacial score (nSPS) is 17.6. The van der Waals surface area contributed by atoms with Crippen LogP contribution in [0.25, 0.3) is 0 Å². The Morgan fingerprint density at radius 2 is 2.28 bits per heavy atom. The Morgan fingerprint density at radius 3 is 3.11 bits per heavy atom. The first-order valence-corrected chi connectivity index (χ1v) is 5.96. The molecule has 0 spiro atoms. The van der Waals surface area contributed by atoms with Crippen LogP contribution in [0.4, 0.5) is 4.39 Å². The number of aliphatic hydroxyl groups excluding tert-OH is 1. The summed E-state index contributed by atoms with van der Waals surface area (Å²) < 4.78 is 20.8. The topological polar surface area (TPSA) is 34.4 Å². The molecule has 0 saturated heterocycles. The number of hydrogen-bond acceptors (Lipinski definition) is 2. The van der Waals surface area contributed by atoms with Crippen molar-refractivity contribution < 1.29 is 14.2 Å². The predicted octanol–water partition coefficient (Wildman–Crippen LogP) is 2.12. The fourth-order valence-corrected chi connectivity index (χ4v) is 2.38. The van der Waals surface area contributed by atoms with Crippen LogP contribution in [0.2, 0.25) is 0 Å². The maximum atomic E-state index is 13.1. The molecule has 2 aromatic rings. The third-order valence-corrected chi connectivity index (χ3v) is 3.25. The van der Waals surface area contributed by atoms with Crippen molar-refractivity contribution >= 4 is 0 Å². The number of nitrogens with zero attached hydrogens (tertiary/aromatic N) is 1. The summed E-state index contributed by atoms with van der Waals surface area (Å²) in [5.74, 6) is 0.536. The van der Waals surface area contributed by atoms with Crippen LogP contribution in [0.15, 0.2) is 36.5 Å². The first-order chi connectivity index (χ1) is 8.76. The van der Waals surface area contributed by atoms with Crippen LogP contribution in [0, 0.1) is 5.82 Å². The van der Waals surface area contributed by atoms with Gasteiger partial charge in [0.05, 0.1) is 13.2 Å². The van der Waals surface area contributed by atoms with Gasteiger partial charge in [-0.2, -0.15) is 0 Å². The lowest BCUT2D eigenvalue weighted by Crippen LogP contribution is -2.21. The minimum absolute atomic E-state index is 0.000463. The zero-order chi connectivity index (χ0) is 12.5. The van der Waals surface area contributed by atoms with Crippen LogP contribution in [0.5, 0.6) is 5.75 Å². The molecule has 94 valence electrons. The highest BCUT2D eigenvalue weighted by atomic mass is 19.1. The van der Waals surface area contributed by atoms with Crippen molar-refractivity contribution in [3.63, 3.8) is 0 Å². The highest BCUT2D eigenvalue weighted by molar-refractivity contribution is 5.37. The Hall–Kier alpha value is -1.81. The molecule has 0 bridgehead atoms. The van der Waals surface area contributed by atoms with Gasteiger partial charge in [-0.15, -0.1) is 0 Å². The number of rotatable bonds is 3. The predicted molar refractivity (Wildman–Crippen MR) is 64.9 cm³/mol. The third-order valence-electron chi connectivity index (χ3n) is 3.25. The molecule has 1 aliphatic heterocycles. The fourth-order valence-electron chi connectivity index (χ4n) is 2.38. The van der Waals surface area contributed by atoms with Crippen molar-refractivity contribution in [2.75, 3.05) is 0 Å². The molecule has 1 N–H and O–H groups in total. The Labute approximate surface area is 104 Å². The average molecular weight is 247 g/mol. The van der Waals surface area contributed by atoms with Crippen LogP contribution in [-0.4, -0.2) is 15.8 Å². The number of aromatic nitrogens is 1. The van der Waals surface area contributed by atoms with Crippen molar-refractivity contribution in [1.82, 2.24) is 4.57 Å². The monoisotopic (exact) mass is 247 g/mol. The SMILES string of the molecule is OCc1cccn1CC1Cc2cc(F)ccc2O1. The summed E-state index contributed by atoms with van der Waals surface area (Å²) in [6, 6.07) is 8.39. The second kappa shape index (κ2) is 4.46. The highest BCUT2D eigenvalue weighted by Crippen LogP contribution is 2.30. The van der Waals surface area contributed by atoms with Crippen molar-refractivity contribution in [3.8, 4) is 5.75 Å². The van der Waals surface area contributed by atoms with E-state index in [1.54, 1.807) is 6.07 Å². The molecule has 3 nitrogen and oxygen atoms in total. The molecule has 3 rings (SSSR count). The van der Waals surface area contributed by atoms with Crippen molar-refractivity contribution in [3.05, 3.63) is 53.6 Å². The molecule has 0 fully saturated rings. The molecule has 1 aromatic carbocycles. The van der Waals surface area contributed by atoms with Gasteiger partial charge >= 0.3 is 0 Å². The van der Waals surface area contributed by atoms with Crippen LogP contribution < -0.4 is 4.74 Å². The summed E-state index contributed by atoms with van der Waals surface area (Å²) in [6.07, 6.45) is 2.62. The fraction of sp³-hybridized carbons (Fsp3) is 0.286. The van der Waals surface area contributed by atoms with Crippen LogP contribution in [-0.2, 0) is 19.6 Å². The smallest absolute Gasteiger partial charge is 0.123 e. The maximum Gasteiger partial charge on any atom is 0.123 e. The summed E-state index contributed by atoms with van der Waals surface area (Å²) in [5.41, 5.74) is 1.78. The Balaban J connectivity index is 1.75. The number of ether oxygens (including phenoxy) is 1. The van der Waals surface area contributed by atoms with E-state index in [9.17, 15) is 9.50 Å². The molecule has 0 saturated carbocycles. The van der Waals surface area contributed by atoms with Gasteiger partial charge < -0.3 is 14.4 Å². The second-order valence-electron chi connectivity index (χ2n) is 4.51. The van der Waals surface area contributed by atoms with Gasteiger partial charge in [0.15, 0.2) is 0 Å². The zero-order valence-electron chi connectivity index (χ0n) is 9.84. The van der Waals surface area contributed by atoms with Gasteiger partial charge in [-0.3, -0.25) is 0 Å². The molecule has 18 heavy (non-hydrogen) atoms. The summed E-state index contributed by atoms with van der Waals surface area (Å²) in [7, 11) is 0. The quantitative estimate of drug-likeness (QED) is 0.901. The molecule has 1 aromatic heterocycles. The number of aliphatic hydroxyl groups is 1. The summed E-state index contributed by atoms with van der Waals surface area (Å²) >= 11 is 0. The minimum Gasteiger partial charge on any atom is -0.488 e. The highest BCUT2D eigenvalue weighted by Gasteiger charge is 2.23. The third kappa shape index (κ3) is 1.99. The maximum absolute atomic E-state index is 13.1. The molecule has 0 aliphatic carbocycles. The van der Waals surface area contributed by atoms with E-state index in [4.69, 9.17) is 4.74 Å². The van der Waals surface area contributed by atoms with Crippen molar-refractivity contribution in [1.29, 1.82) is 0 Å². The van der Waals surface area contributed by atoms with E-state index in [0.717, 1.165) is 17.0 Å². The molecule has 1 unspecified atom stereocenters. The van der Waals surface area contributed by atoms with Gasteiger partial charge in [0.1, 0.15) is 17.7 Å². The van der Waals surface area contributed by atoms with Gasteiger partial charge in [0, 0.05) is 23.9 Å². The molecule has 2 heterocycles. The number of hydrogen-bond donors (Lipinski definition) is 1. The first kappa shape index (κ1) is 11.3. The van der Waals surface area contributed by atoms with Crippen molar-refractivity contribution in [2.24, 2.45) is 0 Å². The van der Waals surface area contributed by atoms with Gasteiger partial charge in [0.25, 0.3) is 0 Å².